The minimum Gasteiger partial charge on any atom is -0.397 e. The average molecular weight is 267 g/mol. The molecule has 104 valence electrons. The summed E-state index contributed by atoms with van der Waals surface area (Å²) in [5.74, 6) is 5.65. The van der Waals surface area contributed by atoms with Gasteiger partial charge in [0.2, 0.25) is 0 Å². The largest absolute Gasteiger partial charge is 0.397 e. The van der Waals surface area contributed by atoms with E-state index in [1.54, 1.807) is 0 Å². The zero-order chi connectivity index (χ0) is 13.3. The number of hydrogen-bond donors (Lipinski definition) is 2. The van der Waals surface area contributed by atoms with Crippen molar-refractivity contribution < 1.29 is 0 Å². The van der Waals surface area contributed by atoms with Crippen molar-refractivity contribution in [3.63, 3.8) is 0 Å². The van der Waals surface area contributed by atoms with Gasteiger partial charge in [0.05, 0.1) is 11.2 Å². The summed E-state index contributed by atoms with van der Waals surface area (Å²) in [5.41, 5.74) is 8.94. The quantitative estimate of drug-likeness (QED) is 0.774. The molecule has 3 nitrogen and oxygen atoms in total. The number of anilines is 1. The van der Waals surface area contributed by atoms with Gasteiger partial charge in [-0.05, 0) is 67.9 Å². The van der Waals surface area contributed by atoms with E-state index >= 15 is 0 Å². The number of hydrogen-bond acceptors (Lipinski definition) is 2. The van der Waals surface area contributed by atoms with Gasteiger partial charge in [-0.25, -0.2) is 4.98 Å². The second kappa shape index (κ2) is 3.78. The number of rotatable bonds is 1. The van der Waals surface area contributed by atoms with Gasteiger partial charge in [0.1, 0.15) is 11.3 Å². The van der Waals surface area contributed by atoms with Crippen LogP contribution in [0.25, 0.3) is 11.0 Å². The molecule has 1 aromatic carbocycles. The molecule has 0 aliphatic heterocycles. The molecule has 4 aliphatic rings. The lowest BCUT2D eigenvalue weighted by Crippen LogP contribution is -2.44. The predicted octanol–water partition coefficient (Wildman–Crippen LogP) is 3.68. The van der Waals surface area contributed by atoms with Gasteiger partial charge in [-0.3, -0.25) is 0 Å². The van der Waals surface area contributed by atoms with E-state index in [0.717, 1.165) is 40.4 Å². The fourth-order valence-corrected chi connectivity index (χ4v) is 5.60. The fourth-order valence-electron chi connectivity index (χ4n) is 5.60. The topological polar surface area (TPSA) is 54.7 Å². The normalized spacial score (nSPS) is 38.7. The molecular formula is C17H21N3. The van der Waals surface area contributed by atoms with Crippen LogP contribution < -0.4 is 5.73 Å². The lowest BCUT2D eigenvalue weighted by molar-refractivity contribution is -0.00528. The molecule has 1 aromatic heterocycles. The fraction of sp³-hybridized carbons (Fsp3) is 0.588. The standard InChI is InChI=1S/C17H21N3/c18-13-2-1-3-14-16(13)20-17(19-14)15-11-5-9-4-10(7-11)8-12(15)6-9/h1-3,9-12,15H,4-8,18H2,(H,19,20). The van der Waals surface area contributed by atoms with Crippen molar-refractivity contribution in [1.29, 1.82) is 0 Å². The number of fused-ring (bicyclic) bond motifs is 1. The van der Waals surface area contributed by atoms with Crippen LogP contribution in [0.3, 0.4) is 0 Å². The van der Waals surface area contributed by atoms with E-state index in [1.165, 1.54) is 37.9 Å². The highest BCUT2D eigenvalue weighted by atomic mass is 14.9. The van der Waals surface area contributed by atoms with E-state index in [0.29, 0.717) is 5.92 Å². The summed E-state index contributed by atoms with van der Waals surface area (Å²) >= 11 is 0. The van der Waals surface area contributed by atoms with Gasteiger partial charge in [-0.2, -0.15) is 0 Å². The molecule has 1 heterocycles. The summed E-state index contributed by atoms with van der Waals surface area (Å²) in [6, 6.07) is 6.05. The SMILES string of the molecule is Nc1cccc2[nH]c(C3C4CC5CC(C4)CC3C5)nc12. The lowest BCUT2D eigenvalue weighted by Gasteiger charge is -2.53. The zero-order valence-electron chi connectivity index (χ0n) is 11.7. The summed E-state index contributed by atoms with van der Waals surface area (Å²) < 4.78 is 0. The zero-order valence-corrected chi connectivity index (χ0v) is 11.7. The van der Waals surface area contributed by atoms with E-state index in [1.807, 2.05) is 12.1 Å². The van der Waals surface area contributed by atoms with Gasteiger partial charge in [-0.15, -0.1) is 0 Å². The Morgan fingerprint density at radius 2 is 1.70 bits per heavy atom. The summed E-state index contributed by atoms with van der Waals surface area (Å²) in [6.45, 7) is 0. The van der Waals surface area contributed by atoms with Crippen molar-refractivity contribution in [2.45, 2.75) is 38.0 Å². The molecule has 0 amide bonds. The second-order valence-electron chi connectivity index (χ2n) is 7.32. The number of aromatic nitrogens is 2. The molecular weight excluding hydrogens is 246 g/mol. The van der Waals surface area contributed by atoms with Gasteiger partial charge in [0, 0.05) is 5.92 Å². The number of nitrogens with one attached hydrogen (secondary N) is 1. The van der Waals surface area contributed by atoms with Crippen LogP contribution in [0.1, 0.15) is 43.8 Å². The Balaban J connectivity index is 1.59. The van der Waals surface area contributed by atoms with E-state index in [-0.39, 0.29) is 0 Å². The smallest absolute Gasteiger partial charge is 0.111 e. The van der Waals surface area contributed by atoms with Crippen molar-refractivity contribution in [2.75, 3.05) is 5.73 Å². The van der Waals surface area contributed by atoms with Crippen molar-refractivity contribution >= 4 is 16.7 Å². The molecule has 4 aliphatic carbocycles. The molecule has 0 spiro atoms. The van der Waals surface area contributed by atoms with Gasteiger partial charge in [0.25, 0.3) is 0 Å². The number of aromatic amines is 1. The van der Waals surface area contributed by atoms with Crippen LogP contribution in [0.5, 0.6) is 0 Å². The Labute approximate surface area is 119 Å². The van der Waals surface area contributed by atoms with Gasteiger partial charge >= 0.3 is 0 Å². The first-order chi connectivity index (χ1) is 9.78. The Kier molecular flexibility index (Phi) is 2.11. The molecule has 3 N–H and O–H groups in total. The van der Waals surface area contributed by atoms with Crippen molar-refractivity contribution in [3.8, 4) is 0 Å². The summed E-state index contributed by atoms with van der Waals surface area (Å²) in [6.07, 6.45) is 7.25. The van der Waals surface area contributed by atoms with Crippen molar-refractivity contribution in [1.82, 2.24) is 9.97 Å². The van der Waals surface area contributed by atoms with E-state index in [9.17, 15) is 0 Å². The predicted molar refractivity (Wildman–Crippen MR) is 80.3 cm³/mol. The Morgan fingerprint density at radius 1 is 1.00 bits per heavy atom. The van der Waals surface area contributed by atoms with E-state index < -0.39 is 0 Å². The molecule has 6 rings (SSSR count). The second-order valence-corrected chi connectivity index (χ2v) is 7.32. The van der Waals surface area contributed by atoms with Crippen LogP contribution in [0.15, 0.2) is 18.2 Å². The number of para-hydroxylation sites is 1. The maximum atomic E-state index is 6.06. The highest BCUT2D eigenvalue weighted by Gasteiger charge is 2.49. The lowest BCUT2D eigenvalue weighted by atomic mass is 9.52. The van der Waals surface area contributed by atoms with Gasteiger partial charge in [0.15, 0.2) is 0 Å². The molecule has 2 aromatic rings. The van der Waals surface area contributed by atoms with Crippen molar-refractivity contribution in [2.24, 2.45) is 23.7 Å². The van der Waals surface area contributed by atoms with Crippen LogP contribution in [-0.2, 0) is 0 Å². The number of nitrogens with zero attached hydrogens (tertiary/aromatic N) is 1. The van der Waals surface area contributed by atoms with Crippen LogP contribution in [0.2, 0.25) is 0 Å². The molecule has 4 bridgehead atoms. The van der Waals surface area contributed by atoms with Crippen LogP contribution in [-0.4, -0.2) is 9.97 Å². The molecule has 4 fully saturated rings. The molecule has 4 saturated carbocycles. The van der Waals surface area contributed by atoms with Crippen LogP contribution in [0.4, 0.5) is 5.69 Å². The minimum atomic E-state index is 0.662. The highest BCUT2D eigenvalue weighted by Crippen LogP contribution is 2.59. The Hall–Kier alpha value is -1.51. The van der Waals surface area contributed by atoms with Crippen molar-refractivity contribution in [3.05, 3.63) is 24.0 Å². The molecule has 20 heavy (non-hydrogen) atoms. The third-order valence-corrected chi connectivity index (χ3v) is 6.10. The van der Waals surface area contributed by atoms with Crippen LogP contribution >= 0.6 is 0 Å². The van der Waals surface area contributed by atoms with E-state index in [4.69, 9.17) is 10.7 Å². The van der Waals surface area contributed by atoms with Crippen LogP contribution in [0, 0.1) is 23.7 Å². The number of nitrogens with two attached hydrogens (primary N) is 1. The molecule has 0 atom stereocenters. The maximum Gasteiger partial charge on any atom is 0.111 e. The Morgan fingerprint density at radius 3 is 2.35 bits per heavy atom. The monoisotopic (exact) mass is 267 g/mol. The first-order valence-electron chi connectivity index (χ1n) is 8.02. The Bertz CT molecular complexity index is 644. The average Bonchev–Trinajstić information content (AvgIpc) is 2.82. The van der Waals surface area contributed by atoms with E-state index in [2.05, 4.69) is 11.1 Å². The highest BCUT2D eigenvalue weighted by molar-refractivity contribution is 5.86. The molecule has 0 radical (unpaired) electrons. The minimum absolute atomic E-state index is 0.662. The third kappa shape index (κ3) is 1.44. The molecule has 3 heteroatoms. The van der Waals surface area contributed by atoms with Gasteiger partial charge < -0.3 is 10.7 Å². The summed E-state index contributed by atoms with van der Waals surface area (Å²) in [7, 11) is 0. The number of imidazole rings is 1. The molecule has 0 unspecified atom stereocenters. The molecule has 0 saturated heterocycles. The third-order valence-electron chi connectivity index (χ3n) is 6.10. The van der Waals surface area contributed by atoms with Gasteiger partial charge in [-0.1, -0.05) is 6.07 Å². The summed E-state index contributed by atoms with van der Waals surface area (Å²) in [4.78, 5) is 8.45. The number of H-pyrrole nitrogens is 1. The maximum absolute atomic E-state index is 6.06. The number of benzene rings is 1. The number of nitrogen functional groups attached to an aromatic ring is 1. The first-order valence-corrected chi connectivity index (χ1v) is 8.02. The summed E-state index contributed by atoms with van der Waals surface area (Å²) in [5, 5.41) is 0. The first kappa shape index (κ1) is 11.2.